The first-order chi connectivity index (χ1) is 12.7. The molecule has 0 amide bonds. The molecular formula is C16H7ClF5N3O2. The van der Waals surface area contributed by atoms with Crippen molar-refractivity contribution in [1.29, 1.82) is 0 Å². The van der Waals surface area contributed by atoms with E-state index in [9.17, 15) is 26.7 Å². The van der Waals surface area contributed by atoms with E-state index >= 15 is 0 Å². The summed E-state index contributed by atoms with van der Waals surface area (Å²) in [7, 11) is 0. The number of rotatable bonds is 3. The second kappa shape index (κ2) is 6.95. The van der Waals surface area contributed by atoms with Crippen molar-refractivity contribution in [2.24, 2.45) is 0 Å². The van der Waals surface area contributed by atoms with Gasteiger partial charge in [0.2, 0.25) is 5.75 Å². The van der Waals surface area contributed by atoms with Crippen molar-refractivity contribution in [3.8, 4) is 23.0 Å². The van der Waals surface area contributed by atoms with Crippen LogP contribution in [0.1, 0.15) is 5.69 Å². The van der Waals surface area contributed by atoms with Crippen LogP contribution in [0.25, 0.3) is 11.5 Å². The number of alkyl halides is 3. The molecule has 1 N–H and O–H groups in total. The zero-order valence-electron chi connectivity index (χ0n) is 12.9. The number of ether oxygens (including phenoxy) is 1. The third kappa shape index (κ3) is 3.90. The predicted octanol–water partition coefficient (Wildman–Crippen LogP) is 4.57. The van der Waals surface area contributed by atoms with E-state index in [-0.39, 0.29) is 10.7 Å². The first-order valence-corrected chi connectivity index (χ1v) is 7.50. The van der Waals surface area contributed by atoms with Crippen molar-refractivity contribution in [1.82, 2.24) is 15.0 Å². The largest absolute Gasteiger partial charge is 0.449 e. The van der Waals surface area contributed by atoms with E-state index in [1.165, 1.54) is 18.3 Å². The molecule has 3 rings (SSSR count). The molecular weight excluding hydrogens is 397 g/mol. The number of hydrogen-bond acceptors (Lipinski definition) is 4. The summed E-state index contributed by atoms with van der Waals surface area (Å²) in [5, 5.41) is -0.0388. The molecule has 0 spiro atoms. The SMILES string of the molecule is O=c1[nH]c(-c2ncccc2Cl)nc(C(F)(F)F)c1Oc1ccc(F)c(F)c1. The van der Waals surface area contributed by atoms with Crippen molar-refractivity contribution in [2.75, 3.05) is 0 Å². The Kier molecular flexibility index (Phi) is 4.83. The summed E-state index contributed by atoms with van der Waals surface area (Å²) in [6.45, 7) is 0. The minimum absolute atomic E-state index is 0.0388. The Balaban J connectivity index is 2.15. The molecule has 0 aliphatic carbocycles. The van der Waals surface area contributed by atoms with Gasteiger partial charge >= 0.3 is 6.18 Å². The number of pyridine rings is 1. The zero-order chi connectivity index (χ0) is 19.8. The van der Waals surface area contributed by atoms with E-state index in [1.807, 2.05) is 0 Å². The topological polar surface area (TPSA) is 67.9 Å². The van der Waals surface area contributed by atoms with Gasteiger partial charge in [-0.3, -0.25) is 9.78 Å². The lowest BCUT2D eigenvalue weighted by molar-refractivity contribution is -0.142. The number of nitrogens with zero attached hydrogens (tertiary/aromatic N) is 2. The lowest BCUT2D eigenvalue weighted by Gasteiger charge is -2.13. The maximum Gasteiger partial charge on any atom is 0.437 e. The predicted molar refractivity (Wildman–Crippen MR) is 84.5 cm³/mol. The highest BCUT2D eigenvalue weighted by Gasteiger charge is 2.39. The van der Waals surface area contributed by atoms with Gasteiger partial charge in [0.1, 0.15) is 11.4 Å². The average Bonchev–Trinajstić information content (AvgIpc) is 2.59. The van der Waals surface area contributed by atoms with Gasteiger partial charge < -0.3 is 9.72 Å². The van der Waals surface area contributed by atoms with Gasteiger partial charge in [0, 0.05) is 12.3 Å². The summed E-state index contributed by atoms with van der Waals surface area (Å²) in [5.74, 6) is -4.87. The van der Waals surface area contributed by atoms with Crippen molar-refractivity contribution < 1.29 is 26.7 Å². The Morgan fingerprint density at radius 3 is 2.48 bits per heavy atom. The van der Waals surface area contributed by atoms with Gasteiger partial charge in [-0.05, 0) is 24.3 Å². The molecule has 0 saturated carbocycles. The number of aromatic amines is 1. The first kappa shape index (κ1) is 18.8. The Morgan fingerprint density at radius 1 is 1.11 bits per heavy atom. The average molecular weight is 404 g/mol. The van der Waals surface area contributed by atoms with E-state index in [0.29, 0.717) is 12.1 Å². The number of nitrogens with one attached hydrogen (secondary N) is 1. The summed E-state index contributed by atoms with van der Waals surface area (Å²) in [6, 6.07) is 4.79. The Morgan fingerprint density at radius 2 is 1.85 bits per heavy atom. The van der Waals surface area contributed by atoms with E-state index in [4.69, 9.17) is 16.3 Å². The normalized spacial score (nSPS) is 11.5. The third-order valence-electron chi connectivity index (χ3n) is 3.24. The van der Waals surface area contributed by atoms with Gasteiger partial charge in [-0.25, -0.2) is 13.8 Å². The molecule has 0 aliphatic rings. The lowest BCUT2D eigenvalue weighted by Crippen LogP contribution is -2.21. The number of benzene rings is 1. The molecule has 0 fully saturated rings. The van der Waals surface area contributed by atoms with Gasteiger partial charge in [0.15, 0.2) is 23.2 Å². The van der Waals surface area contributed by atoms with Crippen LogP contribution in [0.5, 0.6) is 11.5 Å². The van der Waals surface area contributed by atoms with Crippen LogP contribution in [-0.2, 0) is 6.18 Å². The minimum Gasteiger partial charge on any atom is -0.449 e. The van der Waals surface area contributed by atoms with Gasteiger partial charge in [-0.15, -0.1) is 0 Å². The van der Waals surface area contributed by atoms with Crippen LogP contribution < -0.4 is 10.3 Å². The van der Waals surface area contributed by atoms with Crippen LogP contribution in [0, 0.1) is 11.6 Å². The summed E-state index contributed by atoms with van der Waals surface area (Å²) >= 11 is 5.87. The van der Waals surface area contributed by atoms with E-state index < -0.39 is 46.4 Å². The fourth-order valence-electron chi connectivity index (χ4n) is 2.08. The molecule has 3 aromatic rings. The molecule has 2 heterocycles. The zero-order valence-corrected chi connectivity index (χ0v) is 13.7. The van der Waals surface area contributed by atoms with Crippen molar-refractivity contribution in [2.45, 2.75) is 6.18 Å². The number of hydrogen-bond donors (Lipinski definition) is 1. The van der Waals surface area contributed by atoms with E-state index in [0.717, 1.165) is 6.07 Å². The maximum absolute atomic E-state index is 13.4. The third-order valence-corrected chi connectivity index (χ3v) is 3.54. The first-order valence-electron chi connectivity index (χ1n) is 7.12. The van der Waals surface area contributed by atoms with Crippen molar-refractivity contribution in [3.05, 3.63) is 69.2 Å². The van der Waals surface area contributed by atoms with Crippen LogP contribution in [0.2, 0.25) is 5.02 Å². The summed E-state index contributed by atoms with van der Waals surface area (Å²) in [5.41, 5.74) is -3.16. The molecule has 5 nitrogen and oxygen atoms in total. The fraction of sp³-hybridized carbons (Fsp3) is 0.0625. The molecule has 0 bridgehead atoms. The van der Waals surface area contributed by atoms with Gasteiger partial charge in [0.05, 0.1) is 5.02 Å². The summed E-state index contributed by atoms with van der Waals surface area (Å²) in [4.78, 5) is 21.4. The second-order valence-corrected chi connectivity index (χ2v) is 5.51. The van der Waals surface area contributed by atoms with Crippen LogP contribution in [0.3, 0.4) is 0 Å². The Hall–Kier alpha value is -3.01. The molecule has 2 aromatic heterocycles. The Labute approximate surface area is 152 Å². The quantitative estimate of drug-likeness (QED) is 0.650. The number of halogens is 6. The summed E-state index contributed by atoms with van der Waals surface area (Å²) in [6.07, 6.45) is -3.83. The van der Waals surface area contributed by atoms with Gasteiger partial charge in [0.25, 0.3) is 5.56 Å². The maximum atomic E-state index is 13.4. The smallest absolute Gasteiger partial charge is 0.437 e. The number of H-pyrrole nitrogens is 1. The molecule has 27 heavy (non-hydrogen) atoms. The van der Waals surface area contributed by atoms with Crippen molar-refractivity contribution >= 4 is 11.6 Å². The van der Waals surface area contributed by atoms with Crippen molar-refractivity contribution in [3.63, 3.8) is 0 Å². The fourth-order valence-corrected chi connectivity index (χ4v) is 2.29. The molecule has 11 heteroatoms. The van der Waals surface area contributed by atoms with Gasteiger partial charge in [-0.2, -0.15) is 13.2 Å². The molecule has 0 unspecified atom stereocenters. The van der Waals surface area contributed by atoms with Crippen LogP contribution in [0.15, 0.2) is 41.3 Å². The molecule has 0 aliphatic heterocycles. The highest BCUT2D eigenvalue weighted by Crippen LogP contribution is 2.36. The van der Waals surface area contributed by atoms with Crippen LogP contribution in [-0.4, -0.2) is 15.0 Å². The second-order valence-electron chi connectivity index (χ2n) is 5.10. The molecule has 0 radical (unpaired) electrons. The standard InChI is InChI=1S/C16H7ClF5N3O2/c17-8-2-1-5-23-11(8)14-24-13(16(20,21)22)12(15(26)25-14)27-7-3-4-9(18)10(19)6-7/h1-6H,(H,24,25,26). The highest BCUT2D eigenvalue weighted by molar-refractivity contribution is 6.32. The minimum atomic E-state index is -5.09. The van der Waals surface area contributed by atoms with E-state index in [2.05, 4.69) is 15.0 Å². The Bertz CT molecular complexity index is 1070. The van der Waals surface area contributed by atoms with Gasteiger partial charge in [-0.1, -0.05) is 11.6 Å². The lowest BCUT2D eigenvalue weighted by atomic mass is 10.3. The van der Waals surface area contributed by atoms with Crippen LogP contribution >= 0.6 is 11.6 Å². The monoisotopic (exact) mass is 403 g/mol. The molecule has 0 saturated heterocycles. The van der Waals surface area contributed by atoms with E-state index in [1.54, 1.807) is 0 Å². The van der Waals surface area contributed by atoms with Crippen LogP contribution in [0.4, 0.5) is 22.0 Å². The summed E-state index contributed by atoms with van der Waals surface area (Å²) < 4.78 is 71.2. The molecule has 140 valence electrons. The number of aromatic nitrogens is 3. The molecule has 0 atom stereocenters. The highest BCUT2D eigenvalue weighted by atomic mass is 35.5. The molecule has 1 aromatic carbocycles.